The summed E-state index contributed by atoms with van der Waals surface area (Å²) < 4.78 is 5.57. The number of rotatable bonds is 9. The molecule has 5 aromatic rings. The van der Waals surface area contributed by atoms with Crippen LogP contribution in [-0.2, 0) is 18.4 Å². The van der Waals surface area contributed by atoms with Gasteiger partial charge < -0.3 is 15.0 Å². The number of aromatic nitrogens is 3. The number of para-hydroxylation sites is 1. The number of nitrogens with zero attached hydrogens (tertiary/aromatic N) is 3. The summed E-state index contributed by atoms with van der Waals surface area (Å²) in [5, 5.41) is 14.2. The Kier molecular flexibility index (Phi) is 6.61. The van der Waals surface area contributed by atoms with Gasteiger partial charge in [0.2, 0.25) is 0 Å². The summed E-state index contributed by atoms with van der Waals surface area (Å²) in [4.78, 5) is 25.7. The fraction of sp³-hybridized carbons (Fsp3) is 0.267. The number of aliphatic carboxylic acids is 1. The number of aryl methyl sites for hydroxylation is 2. The molecule has 0 aliphatic rings. The smallest absolute Gasteiger partial charge is 0.329 e. The average molecular weight is 497 g/mol. The van der Waals surface area contributed by atoms with Crippen LogP contribution < -0.4 is 11.0 Å². The van der Waals surface area contributed by atoms with E-state index in [-0.39, 0.29) is 12.1 Å². The Bertz CT molecular complexity index is 1640. The van der Waals surface area contributed by atoms with Gasteiger partial charge in [0, 0.05) is 41.6 Å². The molecule has 0 saturated heterocycles. The summed E-state index contributed by atoms with van der Waals surface area (Å²) in [6.45, 7) is 4.50. The van der Waals surface area contributed by atoms with Crippen LogP contribution in [0.3, 0.4) is 0 Å². The van der Waals surface area contributed by atoms with Gasteiger partial charge in [0.1, 0.15) is 0 Å². The van der Waals surface area contributed by atoms with Crippen molar-refractivity contribution in [2.75, 3.05) is 5.32 Å². The lowest BCUT2D eigenvalue weighted by Gasteiger charge is -2.16. The number of hydrogen-bond acceptors (Lipinski definition) is 3. The maximum absolute atomic E-state index is 14.0. The Hall–Kier alpha value is -4.26. The van der Waals surface area contributed by atoms with Gasteiger partial charge in [0.15, 0.2) is 0 Å². The molecule has 0 radical (unpaired) electrons. The van der Waals surface area contributed by atoms with Gasteiger partial charge in [-0.3, -0.25) is 13.9 Å². The van der Waals surface area contributed by atoms with Crippen LogP contribution in [-0.4, -0.2) is 24.8 Å². The highest BCUT2D eigenvalue weighted by atomic mass is 16.4. The molecule has 0 spiro atoms. The average Bonchev–Trinajstić information content (AvgIpc) is 3.33. The second kappa shape index (κ2) is 10.0. The zero-order valence-electron chi connectivity index (χ0n) is 21.4. The zero-order chi connectivity index (χ0) is 26.1. The van der Waals surface area contributed by atoms with E-state index in [9.17, 15) is 14.7 Å². The molecule has 2 N–H and O–H groups in total. The highest BCUT2D eigenvalue weighted by Gasteiger charge is 2.23. The number of anilines is 2. The fourth-order valence-corrected chi connectivity index (χ4v) is 5.43. The van der Waals surface area contributed by atoms with Crippen molar-refractivity contribution < 1.29 is 9.90 Å². The molecule has 1 atom stereocenters. The van der Waals surface area contributed by atoms with Crippen molar-refractivity contribution in [2.24, 2.45) is 7.05 Å². The third-order valence-electron chi connectivity index (χ3n) is 7.05. The van der Waals surface area contributed by atoms with E-state index in [1.807, 2.05) is 68.6 Å². The molecule has 3 aromatic carbocycles. The van der Waals surface area contributed by atoms with Gasteiger partial charge in [0.05, 0.1) is 24.0 Å². The second-order valence-electron chi connectivity index (χ2n) is 9.71. The van der Waals surface area contributed by atoms with E-state index in [1.165, 1.54) is 0 Å². The standard InChI is InChI=1S/C30H32N4O3/c1-4-9-24(17-28(35)36)34-25-15-14-23(31-22-11-6-5-7-12-22)16-27(25)33(30(34)37)19-21-18-32(3)26-13-8-10-20(2)29(21)26/h5-8,10-16,18,24,31H,4,9,17,19H2,1-3H3,(H,35,36). The monoisotopic (exact) mass is 496 g/mol. The summed E-state index contributed by atoms with van der Waals surface area (Å²) in [5.74, 6) is -0.904. The third-order valence-corrected chi connectivity index (χ3v) is 7.05. The quantitative estimate of drug-likeness (QED) is 0.254. The van der Waals surface area contributed by atoms with Gasteiger partial charge >= 0.3 is 11.7 Å². The molecule has 5 rings (SSSR count). The number of fused-ring (bicyclic) bond motifs is 2. The van der Waals surface area contributed by atoms with Gasteiger partial charge in [-0.1, -0.05) is 43.7 Å². The van der Waals surface area contributed by atoms with Gasteiger partial charge in [-0.2, -0.15) is 0 Å². The normalized spacial score (nSPS) is 12.3. The molecule has 1 unspecified atom stereocenters. The molecule has 0 aliphatic heterocycles. The maximum Gasteiger partial charge on any atom is 0.329 e. The number of carboxylic acid groups (broad SMARTS) is 1. The largest absolute Gasteiger partial charge is 0.481 e. The number of imidazole rings is 1. The van der Waals surface area contributed by atoms with E-state index in [4.69, 9.17) is 0 Å². The van der Waals surface area contributed by atoms with Crippen molar-refractivity contribution in [2.45, 2.75) is 45.7 Å². The molecule has 0 bridgehead atoms. The zero-order valence-corrected chi connectivity index (χ0v) is 21.4. The van der Waals surface area contributed by atoms with Gasteiger partial charge in [-0.25, -0.2) is 4.79 Å². The summed E-state index contributed by atoms with van der Waals surface area (Å²) >= 11 is 0. The molecule has 0 aliphatic carbocycles. The summed E-state index contributed by atoms with van der Waals surface area (Å²) in [6.07, 6.45) is 3.39. The van der Waals surface area contributed by atoms with Crippen LogP contribution in [0.25, 0.3) is 21.9 Å². The van der Waals surface area contributed by atoms with E-state index in [2.05, 4.69) is 35.1 Å². The highest BCUT2D eigenvalue weighted by Crippen LogP contribution is 2.29. The Morgan fingerprint density at radius 2 is 1.76 bits per heavy atom. The van der Waals surface area contributed by atoms with Crippen molar-refractivity contribution in [3.63, 3.8) is 0 Å². The van der Waals surface area contributed by atoms with Crippen molar-refractivity contribution in [1.29, 1.82) is 0 Å². The van der Waals surface area contributed by atoms with Crippen molar-refractivity contribution in [1.82, 2.24) is 13.7 Å². The molecule has 37 heavy (non-hydrogen) atoms. The van der Waals surface area contributed by atoms with Crippen LogP contribution >= 0.6 is 0 Å². The minimum Gasteiger partial charge on any atom is -0.481 e. The van der Waals surface area contributed by atoms with Crippen LogP contribution in [0.1, 0.15) is 43.4 Å². The molecule has 0 fully saturated rings. The van der Waals surface area contributed by atoms with E-state index in [1.54, 1.807) is 9.13 Å². The summed E-state index contributed by atoms with van der Waals surface area (Å²) in [7, 11) is 2.02. The molecule has 0 amide bonds. The summed E-state index contributed by atoms with van der Waals surface area (Å²) in [5.41, 5.74) is 6.50. The van der Waals surface area contributed by atoms with Crippen molar-refractivity contribution in [3.8, 4) is 0 Å². The first-order valence-corrected chi connectivity index (χ1v) is 12.7. The van der Waals surface area contributed by atoms with Crippen LogP contribution in [0.2, 0.25) is 0 Å². The van der Waals surface area contributed by atoms with Crippen LogP contribution in [0, 0.1) is 6.92 Å². The molecule has 190 valence electrons. The second-order valence-corrected chi connectivity index (χ2v) is 9.71. The lowest BCUT2D eigenvalue weighted by Crippen LogP contribution is -2.29. The van der Waals surface area contributed by atoms with Crippen LogP contribution in [0.15, 0.2) is 77.7 Å². The lowest BCUT2D eigenvalue weighted by atomic mass is 10.1. The molecular weight excluding hydrogens is 464 g/mol. The van der Waals surface area contributed by atoms with Gasteiger partial charge in [-0.15, -0.1) is 0 Å². The highest BCUT2D eigenvalue weighted by molar-refractivity contribution is 5.88. The number of carbonyl (C=O) groups is 1. The molecule has 0 saturated carbocycles. The fourth-order valence-electron chi connectivity index (χ4n) is 5.43. The third kappa shape index (κ3) is 4.65. The number of nitrogens with one attached hydrogen (secondary N) is 1. The van der Waals surface area contributed by atoms with E-state index in [0.717, 1.165) is 50.9 Å². The molecule has 2 aromatic heterocycles. The van der Waals surface area contributed by atoms with E-state index < -0.39 is 12.0 Å². The minimum absolute atomic E-state index is 0.0930. The predicted molar refractivity (Wildman–Crippen MR) is 149 cm³/mol. The number of benzene rings is 3. The minimum atomic E-state index is -0.904. The Morgan fingerprint density at radius 3 is 2.49 bits per heavy atom. The van der Waals surface area contributed by atoms with E-state index in [0.29, 0.717) is 13.0 Å². The maximum atomic E-state index is 14.0. The number of hydrogen-bond donors (Lipinski definition) is 2. The SMILES string of the molecule is CCCC(CC(=O)O)n1c(=O)n(Cc2cn(C)c3cccc(C)c23)c2cc(Nc3ccccc3)ccc21. The molecule has 2 heterocycles. The molecular formula is C30H32N4O3. The Balaban J connectivity index is 1.69. The van der Waals surface area contributed by atoms with Crippen LogP contribution in [0.5, 0.6) is 0 Å². The molecule has 7 nitrogen and oxygen atoms in total. The van der Waals surface area contributed by atoms with Crippen molar-refractivity contribution in [3.05, 3.63) is 94.5 Å². The van der Waals surface area contributed by atoms with Crippen molar-refractivity contribution >= 4 is 39.3 Å². The first kappa shape index (κ1) is 24.4. The first-order chi connectivity index (χ1) is 17.9. The topological polar surface area (TPSA) is 81.2 Å². The summed E-state index contributed by atoms with van der Waals surface area (Å²) in [6, 6.07) is 21.6. The van der Waals surface area contributed by atoms with Gasteiger partial charge in [-0.05, 0) is 60.9 Å². The lowest BCUT2D eigenvalue weighted by molar-refractivity contribution is -0.137. The number of carboxylic acids is 1. The predicted octanol–water partition coefficient (Wildman–Crippen LogP) is 6.21. The Labute approximate surface area is 215 Å². The van der Waals surface area contributed by atoms with Crippen LogP contribution in [0.4, 0.5) is 11.4 Å². The van der Waals surface area contributed by atoms with E-state index >= 15 is 0 Å². The molecule has 7 heteroatoms. The Morgan fingerprint density at radius 1 is 0.973 bits per heavy atom. The first-order valence-electron chi connectivity index (χ1n) is 12.7. The van der Waals surface area contributed by atoms with Gasteiger partial charge in [0.25, 0.3) is 0 Å².